The lowest BCUT2D eigenvalue weighted by Gasteiger charge is -2.42. The second-order valence-electron chi connectivity index (χ2n) is 9.33. The summed E-state index contributed by atoms with van der Waals surface area (Å²) in [5.41, 5.74) is 3.77. The lowest BCUT2D eigenvalue weighted by atomic mass is 9.96. The van der Waals surface area contributed by atoms with Crippen LogP contribution in [0.15, 0.2) is 59.5 Å². The van der Waals surface area contributed by atoms with Crippen molar-refractivity contribution in [1.29, 1.82) is 0 Å². The first-order valence-corrected chi connectivity index (χ1v) is 12.9. The maximum atomic E-state index is 14.1. The largest absolute Gasteiger partial charge is 0.370 e. The molecule has 9 heteroatoms. The topological polar surface area (TPSA) is 83.7 Å². The van der Waals surface area contributed by atoms with Crippen LogP contribution in [0.3, 0.4) is 0 Å². The molecule has 0 aromatic heterocycles. The van der Waals surface area contributed by atoms with Crippen molar-refractivity contribution in [1.82, 2.24) is 0 Å². The number of nitrogens with zero attached hydrogens (tertiary/aromatic N) is 2. The number of fused-ring (bicyclic) bond motifs is 1. The van der Waals surface area contributed by atoms with E-state index in [1.165, 1.54) is 12.1 Å². The number of rotatable bonds is 4. The fourth-order valence-corrected chi connectivity index (χ4v) is 5.81. The Morgan fingerprint density at radius 3 is 2.37 bits per heavy atom. The van der Waals surface area contributed by atoms with Crippen LogP contribution in [0.25, 0.3) is 11.1 Å². The average Bonchev–Trinajstić information content (AvgIpc) is 3.08. The second-order valence-corrected chi connectivity index (χ2v) is 10.9. The van der Waals surface area contributed by atoms with Gasteiger partial charge in [0.25, 0.3) is 0 Å². The standard InChI is InChI=1S/C26H25F2N3O3S/c1-15-9-18-10-16(2)31(24(18)12-25(15)35(29,33)34)26(32)19-13-30(14-19)21-6-3-17(4-7-21)22-11-20(27)5-8-23(22)28/h3-9,11-12,16,19H,10,13-14H2,1-2H3,(H2,29,33,34). The number of primary sulfonamides is 1. The summed E-state index contributed by atoms with van der Waals surface area (Å²) in [5, 5.41) is 5.37. The fourth-order valence-electron chi connectivity index (χ4n) is 5.03. The third-order valence-corrected chi connectivity index (χ3v) is 7.89. The van der Waals surface area contributed by atoms with Crippen molar-refractivity contribution in [3.63, 3.8) is 0 Å². The highest BCUT2D eigenvalue weighted by atomic mass is 32.2. The van der Waals surface area contributed by atoms with Gasteiger partial charge in [0.2, 0.25) is 15.9 Å². The Kier molecular flexibility index (Phi) is 5.64. The third-order valence-electron chi connectivity index (χ3n) is 6.84. The van der Waals surface area contributed by atoms with E-state index < -0.39 is 21.7 Å². The van der Waals surface area contributed by atoms with Gasteiger partial charge in [-0.05, 0) is 73.4 Å². The highest BCUT2D eigenvalue weighted by molar-refractivity contribution is 7.89. The van der Waals surface area contributed by atoms with E-state index >= 15 is 0 Å². The summed E-state index contributed by atoms with van der Waals surface area (Å²) >= 11 is 0. The number of nitrogens with two attached hydrogens (primary N) is 1. The summed E-state index contributed by atoms with van der Waals surface area (Å²) in [6, 6.07) is 13.7. The zero-order valence-electron chi connectivity index (χ0n) is 19.3. The van der Waals surface area contributed by atoms with E-state index in [0.717, 1.165) is 23.4 Å². The Morgan fingerprint density at radius 2 is 1.71 bits per heavy atom. The second kappa shape index (κ2) is 8.42. The Balaban J connectivity index is 1.31. The first kappa shape index (κ1) is 23.4. The molecular formula is C26H25F2N3O3S. The van der Waals surface area contributed by atoms with Crippen LogP contribution in [-0.2, 0) is 21.2 Å². The van der Waals surface area contributed by atoms with Crippen molar-refractivity contribution < 1.29 is 22.0 Å². The fraction of sp³-hybridized carbons (Fsp3) is 0.269. The number of hydrogen-bond donors (Lipinski definition) is 1. The lowest BCUT2D eigenvalue weighted by Crippen LogP contribution is -2.55. The van der Waals surface area contributed by atoms with Crippen LogP contribution in [0, 0.1) is 24.5 Å². The number of amides is 1. The summed E-state index contributed by atoms with van der Waals surface area (Å²) in [6.07, 6.45) is 0.654. The Labute approximate surface area is 203 Å². The Bertz CT molecular complexity index is 1430. The van der Waals surface area contributed by atoms with Crippen LogP contribution in [0.5, 0.6) is 0 Å². The molecule has 1 atom stereocenters. The van der Waals surface area contributed by atoms with E-state index in [9.17, 15) is 22.0 Å². The van der Waals surface area contributed by atoms with Gasteiger partial charge in [-0.1, -0.05) is 18.2 Å². The number of hydrogen-bond acceptors (Lipinski definition) is 4. The van der Waals surface area contributed by atoms with Gasteiger partial charge in [0.15, 0.2) is 0 Å². The van der Waals surface area contributed by atoms with E-state index in [1.54, 1.807) is 30.0 Å². The van der Waals surface area contributed by atoms with Crippen LogP contribution >= 0.6 is 0 Å². The van der Waals surface area contributed by atoms with Crippen molar-refractivity contribution in [3.05, 3.63) is 77.4 Å². The monoisotopic (exact) mass is 497 g/mol. The van der Waals surface area contributed by atoms with Gasteiger partial charge in [0.05, 0.1) is 10.8 Å². The molecule has 0 aliphatic carbocycles. The number of halogens is 2. The van der Waals surface area contributed by atoms with Gasteiger partial charge in [0.1, 0.15) is 11.6 Å². The third kappa shape index (κ3) is 4.19. The van der Waals surface area contributed by atoms with Gasteiger partial charge in [-0.15, -0.1) is 0 Å². The Morgan fingerprint density at radius 1 is 1.03 bits per heavy atom. The van der Waals surface area contributed by atoms with Gasteiger partial charge in [-0.3, -0.25) is 4.79 Å². The number of carbonyl (C=O) groups is 1. The molecule has 0 radical (unpaired) electrons. The van der Waals surface area contributed by atoms with Gasteiger partial charge in [-0.25, -0.2) is 22.3 Å². The molecule has 1 amide bonds. The van der Waals surface area contributed by atoms with Crippen molar-refractivity contribution >= 4 is 27.3 Å². The predicted molar refractivity (Wildman–Crippen MR) is 131 cm³/mol. The summed E-state index contributed by atoms with van der Waals surface area (Å²) in [4.78, 5) is 17.1. The van der Waals surface area contributed by atoms with Crippen molar-refractivity contribution in [2.24, 2.45) is 11.1 Å². The number of aryl methyl sites for hydroxylation is 1. The molecule has 2 heterocycles. The molecule has 1 unspecified atom stereocenters. The van der Waals surface area contributed by atoms with Crippen molar-refractivity contribution in [2.45, 2.75) is 31.2 Å². The quantitative estimate of drug-likeness (QED) is 0.591. The molecule has 35 heavy (non-hydrogen) atoms. The van der Waals surface area contributed by atoms with Crippen molar-refractivity contribution in [3.8, 4) is 11.1 Å². The van der Waals surface area contributed by atoms with Crippen LogP contribution in [-0.4, -0.2) is 33.5 Å². The van der Waals surface area contributed by atoms with Crippen LogP contribution in [0.2, 0.25) is 0 Å². The highest BCUT2D eigenvalue weighted by Crippen LogP contribution is 2.38. The number of carbonyl (C=O) groups excluding carboxylic acids is 1. The molecule has 1 fully saturated rings. The normalized spacial score (nSPS) is 17.9. The molecule has 0 spiro atoms. The van der Waals surface area contributed by atoms with E-state index in [0.29, 0.717) is 36.3 Å². The molecule has 2 aliphatic heterocycles. The van der Waals surface area contributed by atoms with Gasteiger partial charge in [-0.2, -0.15) is 0 Å². The SMILES string of the molecule is Cc1cc2c(cc1S(N)(=O)=O)N(C(=O)C1CN(c3ccc(-c4cc(F)ccc4F)cc3)C1)C(C)C2. The minimum absolute atomic E-state index is 0.0354. The highest BCUT2D eigenvalue weighted by Gasteiger charge is 2.41. The molecule has 1 saturated heterocycles. The van der Waals surface area contributed by atoms with Crippen LogP contribution < -0.4 is 14.9 Å². The average molecular weight is 498 g/mol. The summed E-state index contributed by atoms with van der Waals surface area (Å²) < 4.78 is 51.6. The summed E-state index contributed by atoms with van der Waals surface area (Å²) in [7, 11) is -3.90. The zero-order valence-corrected chi connectivity index (χ0v) is 20.1. The minimum atomic E-state index is -3.90. The van der Waals surface area contributed by atoms with Gasteiger partial charge < -0.3 is 9.80 Å². The molecular weight excluding hydrogens is 472 g/mol. The summed E-state index contributed by atoms with van der Waals surface area (Å²) in [5.74, 6) is -1.27. The van der Waals surface area contributed by atoms with E-state index in [4.69, 9.17) is 5.14 Å². The summed E-state index contributed by atoms with van der Waals surface area (Å²) in [6.45, 7) is 4.68. The molecule has 6 nitrogen and oxygen atoms in total. The molecule has 0 bridgehead atoms. The van der Waals surface area contributed by atoms with Gasteiger partial charge in [0, 0.05) is 36.1 Å². The molecule has 3 aromatic rings. The Hall–Kier alpha value is -3.30. The van der Waals surface area contributed by atoms with Crippen LogP contribution in [0.1, 0.15) is 18.1 Å². The molecule has 2 N–H and O–H groups in total. The molecule has 182 valence electrons. The van der Waals surface area contributed by atoms with Crippen LogP contribution in [0.4, 0.5) is 20.2 Å². The first-order chi connectivity index (χ1) is 16.5. The molecule has 3 aromatic carbocycles. The number of anilines is 2. The molecule has 2 aliphatic rings. The lowest BCUT2D eigenvalue weighted by molar-refractivity contribution is -0.123. The van der Waals surface area contributed by atoms with Crippen molar-refractivity contribution in [2.75, 3.05) is 22.9 Å². The van der Waals surface area contributed by atoms with E-state index in [1.807, 2.05) is 24.0 Å². The molecule has 5 rings (SSSR count). The number of benzene rings is 3. The maximum Gasteiger partial charge on any atom is 0.238 e. The minimum Gasteiger partial charge on any atom is -0.370 e. The first-order valence-electron chi connectivity index (χ1n) is 11.3. The number of sulfonamides is 1. The van der Waals surface area contributed by atoms with E-state index in [2.05, 4.69) is 0 Å². The smallest absolute Gasteiger partial charge is 0.238 e. The zero-order chi connectivity index (χ0) is 25.1. The van der Waals surface area contributed by atoms with E-state index in [-0.39, 0.29) is 28.3 Å². The maximum absolute atomic E-state index is 14.1. The van der Waals surface area contributed by atoms with Gasteiger partial charge >= 0.3 is 0 Å². The molecule has 0 saturated carbocycles. The predicted octanol–water partition coefficient (Wildman–Crippen LogP) is 4.00.